The number of hydrogen-bond donors (Lipinski definition) is 2. The standard InChI is InChI=1S/C23H21FN6O3/c1-15-20(14-26-30(15)19-5-2-17(24)3-6-19)22(31)27-18-4-7-21(16(12-18)13-25)28-8-10-29(11-9-28)23(32)33/h2-7,12,14H,8-11H2,1H3,(H,27,31)(H,32,33). The number of rotatable bonds is 4. The number of piperazine rings is 1. The summed E-state index contributed by atoms with van der Waals surface area (Å²) in [7, 11) is 0. The summed E-state index contributed by atoms with van der Waals surface area (Å²) in [4.78, 5) is 27.2. The van der Waals surface area contributed by atoms with Gasteiger partial charge in [0.15, 0.2) is 0 Å². The molecule has 1 fully saturated rings. The van der Waals surface area contributed by atoms with Crippen molar-refractivity contribution >= 4 is 23.4 Å². The first kappa shape index (κ1) is 21.8. The van der Waals surface area contributed by atoms with Crippen LogP contribution >= 0.6 is 0 Å². The Hall–Kier alpha value is -4.39. The third-order valence-corrected chi connectivity index (χ3v) is 5.59. The maximum Gasteiger partial charge on any atom is 0.407 e. The lowest BCUT2D eigenvalue weighted by molar-refractivity contribution is 0.102. The van der Waals surface area contributed by atoms with Gasteiger partial charge >= 0.3 is 6.09 Å². The van der Waals surface area contributed by atoms with Crippen molar-refractivity contribution in [2.45, 2.75) is 6.92 Å². The fourth-order valence-corrected chi connectivity index (χ4v) is 3.79. The third kappa shape index (κ3) is 4.48. The van der Waals surface area contributed by atoms with Gasteiger partial charge in [0.25, 0.3) is 5.91 Å². The normalized spacial score (nSPS) is 13.5. The summed E-state index contributed by atoms with van der Waals surface area (Å²) in [6.45, 7) is 3.42. The Kier molecular flexibility index (Phi) is 5.95. The van der Waals surface area contributed by atoms with Crippen LogP contribution < -0.4 is 10.2 Å². The molecule has 10 heteroatoms. The zero-order valence-electron chi connectivity index (χ0n) is 17.8. The van der Waals surface area contributed by atoms with E-state index in [0.29, 0.717) is 60.1 Å². The van der Waals surface area contributed by atoms with E-state index in [-0.39, 0.29) is 11.7 Å². The van der Waals surface area contributed by atoms with Crippen LogP contribution in [0.5, 0.6) is 0 Å². The summed E-state index contributed by atoms with van der Waals surface area (Å²) < 4.78 is 14.7. The summed E-state index contributed by atoms with van der Waals surface area (Å²) in [5, 5.41) is 25.8. The number of aromatic nitrogens is 2. The lowest BCUT2D eigenvalue weighted by Gasteiger charge is -2.35. The van der Waals surface area contributed by atoms with Gasteiger partial charge in [0.1, 0.15) is 11.9 Å². The van der Waals surface area contributed by atoms with Gasteiger partial charge < -0.3 is 20.2 Å². The van der Waals surface area contributed by atoms with Gasteiger partial charge in [-0.25, -0.2) is 13.9 Å². The van der Waals surface area contributed by atoms with Gasteiger partial charge in [-0.15, -0.1) is 0 Å². The summed E-state index contributed by atoms with van der Waals surface area (Å²) >= 11 is 0. The Morgan fingerprint density at radius 3 is 2.45 bits per heavy atom. The summed E-state index contributed by atoms with van der Waals surface area (Å²) in [5.41, 5.74) is 3.11. The van der Waals surface area contributed by atoms with Crippen molar-refractivity contribution in [1.82, 2.24) is 14.7 Å². The molecule has 1 saturated heterocycles. The molecule has 4 rings (SSSR count). The van der Waals surface area contributed by atoms with Crippen molar-refractivity contribution in [3.8, 4) is 11.8 Å². The van der Waals surface area contributed by atoms with E-state index in [1.807, 2.05) is 4.90 Å². The molecular weight excluding hydrogens is 427 g/mol. The number of carbonyl (C=O) groups is 2. The second kappa shape index (κ2) is 9.00. The van der Waals surface area contributed by atoms with Crippen molar-refractivity contribution < 1.29 is 19.1 Å². The molecule has 1 aromatic heterocycles. The number of nitrogens with zero attached hydrogens (tertiary/aromatic N) is 5. The number of nitrogens with one attached hydrogen (secondary N) is 1. The smallest absolute Gasteiger partial charge is 0.407 e. The minimum absolute atomic E-state index is 0.353. The number of amides is 2. The van der Waals surface area contributed by atoms with Crippen LogP contribution in [-0.2, 0) is 0 Å². The van der Waals surface area contributed by atoms with Crippen molar-refractivity contribution in [3.05, 3.63) is 71.3 Å². The zero-order chi connectivity index (χ0) is 23.5. The van der Waals surface area contributed by atoms with Crippen LogP contribution in [0.2, 0.25) is 0 Å². The molecule has 1 aliphatic heterocycles. The highest BCUT2D eigenvalue weighted by atomic mass is 19.1. The molecule has 0 radical (unpaired) electrons. The van der Waals surface area contributed by atoms with E-state index in [2.05, 4.69) is 16.5 Å². The first-order chi connectivity index (χ1) is 15.9. The Morgan fingerprint density at radius 2 is 1.82 bits per heavy atom. The van der Waals surface area contributed by atoms with Gasteiger partial charge in [0, 0.05) is 31.9 Å². The van der Waals surface area contributed by atoms with Crippen LogP contribution in [0.3, 0.4) is 0 Å². The molecule has 168 valence electrons. The fraction of sp³-hybridized carbons (Fsp3) is 0.217. The molecular formula is C23H21FN6O3. The van der Waals surface area contributed by atoms with E-state index < -0.39 is 6.09 Å². The summed E-state index contributed by atoms with van der Waals surface area (Å²) in [5.74, 6) is -0.741. The summed E-state index contributed by atoms with van der Waals surface area (Å²) in [6.07, 6.45) is 0.487. The van der Waals surface area contributed by atoms with Crippen LogP contribution in [0, 0.1) is 24.1 Å². The maximum atomic E-state index is 13.2. The van der Waals surface area contributed by atoms with E-state index in [4.69, 9.17) is 5.11 Å². The van der Waals surface area contributed by atoms with E-state index >= 15 is 0 Å². The molecule has 0 atom stereocenters. The van der Waals surface area contributed by atoms with E-state index in [1.165, 1.54) is 23.2 Å². The molecule has 0 aliphatic carbocycles. The number of carbonyl (C=O) groups excluding carboxylic acids is 1. The lowest BCUT2D eigenvalue weighted by Crippen LogP contribution is -2.48. The lowest BCUT2D eigenvalue weighted by atomic mass is 10.1. The molecule has 2 amide bonds. The molecule has 2 heterocycles. The number of nitriles is 1. The van der Waals surface area contributed by atoms with Crippen LogP contribution in [0.4, 0.5) is 20.6 Å². The zero-order valence-corrected chi connectivity index (χ0v) is 17.8. The first-order valence-corrected chi connectivity index (χ1v) is 10.3. The van der Waals surface area contributed by atoms with Crippen molar-refractivity contribution in [2.24, 2.45) is 0 Å². The molecule has 0 bridgehead atoms. The second-order valence-corrected chi connectivity index (χ2v) is 7.59. The van der Waals surface area contributed by atoms with Gasteiger partial charge in [0.05, 0.1) is 34.4 Å². The average Bonchev–Trinajstić information content (AvgIpc) is 3.21. The topological polar surface area (TPSA) is 114 Å². The molecule has 1 aliphatic rings. The predicted molar refractivity (Wildman–Crippen MR) is 119 cm³/mol. The molecule has 0 saturated carbocycles. The first-order valence-electron chi connectivity index (χ1n) is 10.3. The fourth-order valence-electron chi connectivity index (χ4n) is 3.79. The largest absolute Gasteiger partial charge is 0.465 e. The van der Waals surface area contributed by atoms with E-state index in [0.717, 1.165) is 0 Å². The molecule has 0 unspecified atom stereocenters. The minimum atomic E-state index is -0.953. The third-order valence-electron chi connectivity index (χ3n) is 5.59. The number of halogens is 1. The number of benzene rings is 2. The molecule has 33 heavy (non-hydrogen) atoms. The predicted octanol–water partition coefficient (Wildman–Crippen LogP) is 3.24. The Bertz CT molecular complexity index is 1240. The van der Waals surface area contributed by atoms with Gasteiger partial charge in [-0.3, -0.25) is 4.79 Å². The molecule has 2 aromatic carbocycles. The van der Waals surface area contributed by atoms with Crippen molar-refractivity contribution in [2.75, 3.05) is 36.4 Å². The van der Waals surface area contributed by atoms with Crippen LogP contribution in [0.15, 0.2) is 48.7 Å². The van der Waals surface area contributed by atoms with Gasteiger partial charge in [0.2, 0.25) is 0 Å². The maximum absolute atomic E-state index is 13.2. The van der Waals surface area contributed by atoms with Crippen LogP contribution in [0.25, 0.3) is 5.69 Å². The van der Waals surface area contributed by atoms with Crippen LogP contribution in [-0.4, -0.2) is 58.0 Å². The highest BCUT2D eigenvalue weighted by Gasteiger charge is 2.23. The molecule has 0 spiro atoms. The summed E-state index contributed by atoms with van der Waals surface area (Å²) in [6, 6.07) is 13.0. The number of anilines is 2. The number of hydrogen-bond acceptors (Lipinski definition) is 5. The molecule has 2 N–H and O–H groups in total. The minimum Gasteiger partial charge on any atom is -0.465 e. The molecule has 3 aromatic rings. The average molecular weight is 448 g/mol. The van der Waals surface area contributed by atoms with Crippen LogP contribution in [0.1, 0.15) is 21.6 Å². The van der Waals surface area contributed by atoms with E-state index in [1.54, 1.807) is 41.9 Å². The highest BCUT2D eigenvalue weighted by Crippen LogP contribution is 2.26. The Labute approximate surface area is 189 Å². The molecule has 9 nitrogen and oxygen atoms in total. The SMILES string of the molecule is Cc1c(C(=O)Nc2ccc(N3CCN(C(=O)O)CC3)c(C#N)c2)cnn1-c1ccc(F)cc1. The Morgan fingerprint density at radius 1 is 1.12 bits per heavy atom. The quantitative estimate of drug-likeness (QED) is 0.633. The number of carboxylic acid groups (broad SMARTS) is 1. The highest BCUT2D eigenvalue weighted by molar-refractivity contribution is 6.05. The Balaban J connectivity index is 1.50. The van der Waals surface area contributed by atoms with Crippen molar-refractivity contribution in [3.63, 3.8) is 0 Å². The second-order valence-electron chi connectivity index (χ2n) is 7.59. The monoisotopic (exact) mass is 448 g/mol. The van der Waals surface area contributed by atoms with Gasteiger partial charge in [-0.1, -0.05) is 0 Å². The van der Waals surface area contributed by atoms with Gasteiger partial charge in [-0.05, 0) is 49.4 Å². The van der Waals surface area contributed by atoms with Gasteiger partial charge in [-0.2, -0.15) is 10.4 Å². The van der Waals surface area contributed by atoms with E-state index in [9.17, 15) is 19.2 Å². The van der Waals surface area contributed by atoms with Crippen molar-refractivity contribution in [1.29, 1.82) is 5.26 Å².